The maximum atomic E-state index is 10.9. The van der Waals surface area contributed by atoms with Crippen molar-refractivity contribution < 1.29 is 25.9 Å². The molecule has 8 nitrogen and oxygen atoms in total. The molecule has 0 saturated carbocycles. The average Bonchev–Trinajstić information content (AvgIpc) is 2.25. The van der Waals surface area contributed by atoms with Crippen molar-refractivity contribution in [1.29, 1.82) is 0 Å². The summed E-state index contributed by atoms with van der Waals surface area (Å²) in [6, 6.07) is 0. The van der Waals surface area contributed by atoms with Gasteiger partial charge in [0.1, 0.15) is 0 Å². The molecule has 1 aromatic carbocycles. The smallest absolute Gasteiger partial charge is 0.269 e. The quantitative estimate of drug-likeness (QED) is 0.618. The average molecular weight is 324 g/mol. The zero-order valence-electron chi connectivity index (χ0n) is 11.3. The fraction of sp³-hybridized carbons (Fsp3) is 0.400. The molecule has 0 radical (unpaired) electrons. The van der Waals surface area contributed by atoms with Crippen LogP contribution in [0.25, 0.3) is 0 Å². The molecular formula is C10H16N2O6S2. The third-order valence-corrected chi connectivity index (χ3v) is 4.01. The molecule has 0 aliphatic heterocycles. The third-order valence-electron chi connectivity index (χ3n) is 3.09. The first-order chi connectivity index (χ1) is 8.83. The van der Waals surface area contributed by atoms with Gasteiger partial charge in [0.05, 0.1) is 11.4 Å². The summed E-state index contributed by atoms with van der Waals surface area (Å²) in [5.74, 6) is 0. The highest BCUT2D eigenvalue weighted by molar-refractivity contribution is 7.87. The van der Waals surface area contributed by atoms with Gasteiger partial charge in [-0.25, -0.2) is 0 Å². The predicted octanol–water partition coefficient (Wildman–Crippen LogP) is 1.35. The van der Waals surface area contributed by atoms with Crippen molar-refractivity contribution in [1.82, 2.24) is 0 Å². The topological polar surface area (TPSA) is 133 Å². The Morgan fingerprint density at radius 3 is 1.00 bits per heavy atom. The van der Waals surface area contributed by atoms with Crippen molar-refractivity contribution in [3.8, 4) is 0 Å². The molecule has 0 saturated heterocycles. The van der Waals surface area contributed by atoms with Gasteiger partial charge in [-0.3, -0.25) is 18.5 Å². The first-order valence-corrected chi connectivity index (χ1v) is 8.32. The van der Waals surface area contributed by atoms with Gasteiger partial charge in [0, 0.05) is 0 Å². The van der Waals surface area contributed by atoms with Crippen molar-refractivity contribution in [2.24, 2.45) is 0 Å². The third kappa shape index (κ3) is 3.82. The summed E-state index contributed by atoms with van der Waals surface area (Å²) in [4.78, 5) is 0. The Bertz CT molecular complexity index is 658. The SMILES string of the molecule is Cc1c(C)c(NS(=O)(=O)O)c(C)c(C)c1NS(=O)(=O)O. The van der Waals surface area contributed by atoms with Crippen LogP contribution in [0.2, 0.25) is 0 Å². The summed E-state index contributed by atoms with van der Waals surface area (Å²) in [5, 5.41) is 0. The minimum atomic E-state index is -4.44. The highest BCUT2D eigenvalue weighted by atomic mass is 32.2. The van der Waals surface area contributed by atoms with Crippen LogP contribution < -0.4 is 9.44 Å². The summed E-state index contributed by atoms with van der Waals surface area (Å²) in [6.07, 6.45) is 0. The number of hydrogen-bond donors (Lipinski definition) is 4. The zero-order valence-corrected chi connectivity index (χ0v) is 13.0. The van der Waals surface area contributed by atoms with Crippen LogP contribution in [0.1, 0.15) is 22.3 Å². The highest BCUT2D eigenvalue weighted by Crippen LogP contribution is 2.34. The molecule has 10 heteroatoms. The van der Waals surface area contributed by atoms with E-state index in [0.717, 1.165) is 0 Å². The molecule has 0 unspecified atom stereocenters. The van der Waals surface area contributed by atoms with Crippen LogP contribution in [0.3, 0.4) is 0 Å². The molecule has 0 bridgehead atoms. The van der Waals surface area contributed by atoms with Gasteiger partial charge in [-0.05, 0) is 49.9 Å². The number of anilines is 2. The molecule has 1 rings (SSSR count). The van der Waals surface area contributed by atoms with E-state index in [-0.39, 0.29) is 11.4 Å². The largest absolute Gasteiger partial charge is 0.357 e. The number of rotatable bonds is 4. The van der Waals surface area contributed by atoms with Gasteiger partial charge in [0.25, 0.3) is 0 Å². The molecular weight excluding hydrogens is 308 g/mol. The lowest BCUT2D eigenvalue weighted by Gasteiger charge is -2.20. The monoisotopic (exact) mass is 324 g/mol. The Morgan fingerprint density at radius 1 is 0.650 bits per heavy atom. The minimum absolute atomic E-state index is 0.170. The second-order valence-electron chi connectivity index (χ2n) is 4.40. The second kappa shape index (κ2) is 5.20. The Hall–Kier alpha value is -1.36. The van der Waals surface area contributed by atoms with Gasteiger partial charge in [-0.2, -0.15) is 16.8 Å². The second-order valence-corrected chi connectivity index (χ2v) is 6.71. The molecule has 0 aromatic heterocycles. The lowest BCUT2D eigenvalue weighted by Crippen LogP contribution is -2.17. The van der Waals surface area contributed by atoms with Crippen LogP contribution in [0, 0.1) is 27.7 Å². The van der Waals surface area contributed by atoms with Gasteiger partial charge < -0.3 is 0 Å². The van der Waals surface area contributed by atoms with Crippen molar-refractivity contribution >= 4 is 32.0 Å². The van der Waals surface area contributed by atoms with Gasteiger partial charge in [-0.15, -0.1) is 0 Å². The zero-order chi connectivity index (χ0) is 15.9. The van der Waals surface area contributed by atoms with Gasteiger partial charge in [0.2, 0.25) is 0 Å². The number of benzene rings is 1. The fourth-order valence-electron chi connectivity index (χ4n) is 1.88. The lowest BCUT2D eigenvalue weighted by atomic mass is 9.97. The lowest BCUT2D eigenvalue weighted by molar-refractivity contribution is 0.487. The van der Waals surface area contributed by atoms with Crippen LogP contribution in [0.4, 0.5) is 11.4 Å². The van der Waals surface area contributed by atoms with E-state index >= 15 is 0 Å². The maximum absolute atomic E-state index is 10.9. The summed E-state index contributed by atoms with van der Waals surface area (Å²) in [5.41, 5.74) is 2.05. The van der Waals surface area contributed by atoms with Gasteiger partial charge >= 0.3 is 20.6 Å². The Balaban J connectivity index is 3.57. The normalized spacial score (nSPS) is 12.3. The van der Waals surface area contributed by atoms with Crippen molar-refractivity contribution in [2.75, 3.05) is 9.44 Å². The highest BCUT2D eigenvalue weighted by Gasteiger charge is 2.19. The molecule has 20 heavy (non-hydrogen) atoms. The van der Waals surface area contributed by atoms with E-state index in [2.05, 4.69) is 0 Å². The van der Waals surface area contributed by atoms with Gasteiger partial charge in [-0.1, -0.05) is 0 Å². The van der Waals surface area contributed by atoms with E-state index in [1.54, 1.807) is 27.7 Å². The van der Waals surface area contributed by atoms with E-state index in [1.165, 1.54) is 0 Å². The first kappa shape index (κ1) is 16.7. The summed E-state index contributed by atoms with van der Waals surface area (Å²) >= 11 is 0. The summed E-state index contributed by atoms with van der Waals surface area (Å²) in [6.45, 7) is 6.24. The predicted molar refractivity (Wildman–Crippen MR) is 75.7 cm³/mol. The summed E-state index contributed by atoms with van der Waals surface area (Å²) < 4.78 is 65.4. The van der Waals surface area contributed by atoms with Crippen LogP contribution in [-0.4, -0.2) is 25.9 Å². The van der Waals surface area contributed by atoms with Crippen LogP contribution >= 0.6 is 0 Å². The van der Waals surface area contributed by atoms with Crippen LogP contribution in [-0.2, 0) is 20.6 Å². The molecule has 4 N–H and O–H groups in total. The molecule has 114 valence electrons. The first-order valence-electron chi connectivity index (χ1n) is 5.44. The molecule has 0 amide bonds. The Labute approximate surface area is 118 Å². The molecule has 0 fully saturated rings. The standard InChI is InChI=1S/C10H16N2O6S2/c1-5-6(2)10(12-20(16,17)18)8(4)7(3)9(5)11-19(13,14)15/h11-12H,1-4H3,(H,13,14,15)(H,16,17,18). The molecule has 0 aliphatic rings. The number of hydrogen-bond acceptors (Lipinski definition) is 4. The fourth-order valence-corrected chi connectivity index (χ4v) is 3.00. The van der Waals surface area contributed by atoms with E-state index in [0.29, 0.717) is 22.3 Å². The van der Waals surface area contributed by atoms with Crippen molar-refractivity contribution in [2.45, 2.75) is 27.7 Å². The van der Waals surface area contributed by atoms with Crippen molar-refractivity contribution in [3.63, 3.8) is 0 Å². The van der Waals surface area contributed by atoms with E-state index in [4.69, 9.17) is 9.11 Å². The van der Waals surface area contributed by atoms with Gasteiger partial charge in [0.15, 0.2) is 0 Å². The maximum Gasteiger partial charge on any atom is 0.357 e. The van der Waals surface area contributed by atoms with E-state index in [9.17, 15) is 16.8 Å². The Morgan fingerprint density at radius 2 is 0.850 bits per heavy atom. The Kier molecular flexibility index (Phi) is 4.34. The van der Waals surface area contributed by atoms with E-state index < -0.39 is 20.6 Å². The number of nitrogens with one attached hydrogen (secondary N) is 2. The van der Waals surface area contributed by atoms with Crippen LogP contribution in [0.15, 0.2) is 0 Å². The molecule has 0 spiro atoms. The summed E-state index contributed by atoms with van der Waals surface area (Å²) in [7, 11) is -8.88. The minimum Gasteiger partial charge on any atom is -0.269 e. The van der Waals surface area contributed by atoms with Crippen molar-refractivity contribution in [3.05, 3.63) is 22.3 Å². The van der Waals surface area contributed by atoms with Crippen LogP contribution in [0.5, 0.6) is 0 Å². The molecule has 1 aromatic rings. The molecule has 0 heterocycles. The molecule has 0 aliphatic carbocycles. The van der Waals surface area contributed by atoms with E-state index in [1.807, 2.05) is 9.44 Å². The molecule has 0 atom stereocenters.